The average molecular weight is 266 g/mol. The number of aromatic nitrogens is 2. The first-order valence-corrected chi connectivity index (χ1v) is 6.34. The Balaban J connectivity index is 2.20. The third kappa shape index (κ3) is 2.93. The van der Waals surface area contributed by atoms with Crippen molar-refractivity contribution in [2.75, 3.05) is 19.6 Å². The predicted molar refractivity (Wildman–Crippen MR) is 69.9 cm³/mol. The molecule has 1 aromatic heterocycles. The maximum absolute atomic E-state index is 12.2. The molecule has 0 spiro atoms. The topological polar surface area (TPSA) is 112 Å². The number of nitrogens with one attached hydrogen (secondary N) is 2. The number of amides is 1. The fourth-order valence-corrected chi connectivity index (χ4v) is 2.40. The van der Waals surface area contributed by atoms with Gasteiger partial charge in [0.1, 0.15) is 5.69 Å². The highest BCUT2D eigenvalue weighted by molar-refractivity contribution is 5.92. The first-order chi connectivity index (χ1) is 9.01. The molecular formula is C12H18N4O3. The quantitative estimate of drug-likeness (QED) is 0.645. The van der Waals surface area contributed by atoms with Crippen molar-refractivity contribution in [1.82, 2.24) is 14.9 Å². The minimum atomic E-state index is -0.670. The Hall–Kier alpha value is -1.89. The van der Waals surface area contributed by atoms with Crippen LogP contribution in [0.25, 0.3) is 0 Å². The molecule has 0 radical (unpaired) electrons. The van der Waals surface area contributed by atoms with Gasteiger partial charge in [0, 0.05) is 19.2 Å². The Labute approximate surface area is 109 Å². The van der Waals surface area contributed by atoms with E-state index in [2.05, 4.69) is 11.9 Å². The molecule has 104 valence electrons. The molecule has 0 aromatic carbocycles. The monoisotopic (exact) mass is 266 g/mol. The molecule has 1 saturated heterocycles. The summed E-state index contributed by atoms with van der Waals surface area (Å²) in [5.74, 6) is 0.409. The van der Waals surface area contributed by atoms with Crippen LogP contribution in [0.1, 0.15) is 23.8 Å². The number of piperidine rings is 1. The van der Waals surface area contributed by atoms with Crippen molar-refractivity contribution in [3.63, 3.8) is 0 Å². The Bertz CT molecular complexity index is 549. The van der Waals surface area contributed by atoms with Crippen LogP contribution in [0.3, 0.4) is 0 Å². The lowest BCUT2D eigenvalue weighted by molar-refractivity contribution is 0.0612. The lowest BCUT2D eigenvalue weighted by Crippen LogP contribution is -2.46. The number of rotatable bonds is 2. The van der Waals surface area contributed by atoms with E-state index in [0.29, 0.717) is 25.6 Å². The third-order valence-electron chi connectivity index (χ3n) is 3.69. The van der Waals surface area contributed by atoms with Crippen molar-refractivity contribution >= 4 is 5.91 Å². The molecule has 0 aliphatic carbocycles. The van der Waals surface area contributed by atoms with Gasteiger partial charge in [0.05, 0.1) is 0 Å². The Morgan fingerprint density at radius 2 is 2.21 bits per heavy atom. The Kier molecular flexibility index (Phi) is 3.84. The van der Waals surface area contributed by atoms with Crippen molar-refractivity contribution in [2.45, 2.75) is 13.3 Å². The minimum Gasteiger partial charge on any atom is -0.337 e. The van der Waals surface area contributed by atoms with Crippen molar-refractivity contribution in [3.8, 4) is 0 Å². The summed E-state index contributed by atoms with van der Waals surface area (Å²) in [6, 6.07) is 1.11. The highest BCUT2D eigenvalue weighted by Crippen LogP contribution is 2.22. The first-order valence-electron chi connectivity index (χ1n) is 6.34. The van der Waals surface area contributed by atoms with Gasteiger partial charge in [0.25, 0.3) is 11.5 Å². The zero-order valence-corrected chi connectivity index (χ0v) is 10.8. The molecule has 0 bridgehead atoms. The molecule has 1 fully saturated rings. The molecule has 2 unspecified atom stereocenters. The maximum atomic E-state index is 12.2. The number of hydrogen-bond donors (Lipinski definition) is 3. The zero-order chi connectivity index (χ0) is 14.0. The Morgan fingerprint density at radius 1 is 1.47 bits per heavy atom. The normalized spacial score (nSPS) is 23.4. The van der Waals surface area contributed by atoms with Crippen LogP contribution in [-0.2, 0) is 0 Å². The first kappa shape index (κ1) is 13.5. The van der Waals surface area contributed by atoms with Gasteiger partial charge in [-0.15, -0.1) is 0 Å². The van der Waals surface area contributed by atoms with Gasteiger partial charge >= 0.3 is 5.69 Å². The lowest BCUT2D eigenvalue weighted by atomic mass is 9.87. The Morgan fingerprint density at radius 3 is 2.84 bits per heavy atom. The highest BCUT2D eigenvalue weighted by Gasteiger charge is 2.28. The van der Waals surface area contributed by atoms with Crippen LogP contribution >= 0.6 is 0 Å². The van der Waals surface area contributed by atoms with Gasteiger partial charge in [0.15, 0.2) is 0 Å². The highest BCUT2D eigenvalue weighted by atomic mass is 16.2. The number of carbonyl (C=O) groups excluding carboxylic acids is 1. The van der Waals surface area contributed by atoms with Crippen LogP contribution < -0.4 is 17.0 Å². The van der Waals surface area contributed by atoms with Crippen LogP contribution in [0, 0.1) is 11.8 Å². The van der Waals surface area contributed by atoms with Gasteiger partial charge in [-0.1, -0.05) is 6.92 Å². The summed E-state index contributed by atoms with van der Waals surface area (Å²) in [6.07, 6.45) is 0.876. The molecule has 2 atom stereocenters. The maximum Gasteiger partial charge on any atom is 0.326 e. The number of likely N-dealkylation sites (tertiary alicyclic amines) is 1. The molecular weight excluding hydrogens is 248 g/mol. The molecule has 1 aliphatic heterocycles. The molecule has 2 rings (SSSR count). The summed E-state index contributed by atoms with van der Waals surface area (Å²) in [5, 5.41) is 0. The molecule has 0 saturated carbocycles. The van der Waals surface area contributed by atoms with Gasteiger partial charge in [-0.05, 0) is 24.8 Å². The summed E-state index contributed by atoms with van der Waals surface area (Å²) in [5.41, 5.74) is 4.47. The van der Waals surface area contributed by atoms with Crippen LogP contribution in [0.5, 0.6) is 0 Å². The summed E-state index contributed by atoms with van der Waals surface area (Å²) < 4.78 is 0. The number of hydrogen-bond acceptors (Lipinski definition) is 4. The molecule has 2 heterocycles. The zero-order valence-electron chi connectivity index (χ0n) is 10.8. The van der Waals surface area contributed by atoms with E-state index in [9.17, 15) is 14.4 Å². The fourth-order valence-electron chi connectivity index (χ4n) is 2.40. The summed E-state index contributed by atoms with van der Waals surface area (Å²) >= 11 is 0. The van der Waals surface area contributed by atoms with Gasteiger partial charge in [0.2, 0.25) is 0 Å². The molecule has 19 heavy (non-hydrogen) atoms. The van der Waals surface area contributed by atoms with E-state index in [1.807, 2.05) is 4.98 Å². The number of aromatic amines is 2. The van der Waals surface area contributed by atoms with Gasteiger partial charge in [-0.3, -0.25) is 14.6 Å². The van der Waals surface area contributed by atoms with Crippen molar-refractivity contribution in [3.05, 3.63) is 32.6 Å². The molecule has 4 N–H and O–H groups in total. The largest absolute Gasteiger partial charge is 0.337 e. The van der Waals surface area contributed by atoms with E-state index in [1.165, 1.54) is 0 Å². The van der Waals surface area contributed by atoms with E-state index in [1.54, 1.807) is 4.90 Å². The van der Waals surface area contributed by atoms with Gasteiger partial charge in [-0.2, -0.15) is 0 Å². The standard InChI is InChI=1S/C12H18N4O3/c1-7-2-3-16(6-8(7)5-13)11(18)9-4-10(17)15-12(19)14-9/h4,7-8H,2-3,5-6,13H2,1H3,(H2,14,15,17,19). The molecule has 7 heteroatoms. The van der Waals surface area contributed by atoms with Gasteiger partial charge < -0.3 is 15.6 Å². The van der Waals surface area contributed by atoms with E-state index >= 15 is 0 Å². The van der Waals surface area contributed by atoms with E-state index in [0.717, 1.165) is 12.5 Å². The second kappa shape index (κ2) is 5.40. The van der Waals surface area contributed by atoms with E-state index in [-0.39, 0.29) is 17.5 Å². The van der Waals surface area contributed by atoms with Crippen molar-refractivity contribution < 1.29 is 4.79 Å². The van der Waals surface area contributed by atoms with Crippen molar-refractivity contribution in [1.29, 1.82) is 0 Å². The fraction of sp³-hybridized carbons (Fsp3) is 0.583. The minimum absolute atomic E-state index is 0.0269. The molecule has 7 nitrogen and oxygen atoms in total. The molecule has 1 aromatic rings. The number of carbonyl (C=O) groups is 1. The number of nitrogens with two attached hydrogens (primary N) is 1. The van der Waals surface area contributed by atoms with Crippen LogP contribution in [0.15, 0.2) is 15.7 Å². The third-order valence-corrected chi connectivity index (χ3v) is 3.69. The summed E-state index contributed by atoms with van der Waals surface area (Å²) in [6.45, 7) is 3.82. The number of H-pyrrole nitrogens is 2. The second-order valence-corrected chi connectivity index (χ2v) is 5.01. The average Bonchev–Trinajstić information content (AvgIpc) is 2.37. The SMILES string of the molecule is CC1CCN(C(=O)c2cc(=O)[nH]c(=O)[nH]2)CC1CN. The smallest absolute Gasteiger partial charge is 0.326 e. The van der Waals surface area contributed by atoms with Crippen LogP contribution in [-0.4, -0.2) is 40.4 Å². The lowest BCUT2D eigenvalue weighted by Gasteiger charge is -2.36. The summed E-state index contributed by atoms with van der Waals surface area (Å²) in [7, 11) is 0. The van der Waals surface area contributed by atoms with Gasteiger partial charge in [-0.25, -0.2) is 4.79 Å². The van der Waals surface area contributed by atoms with Crippen molar-refractivity contribution in [2.24, 2.45) is 17.6 Å². The van der Waals surface area contributed by atoms with Crippen LogP contribution in [0.4, 0.5) is 0 Å². The predicted octanol–water partition coefficient (Wildman–Crippen LogP) is -0.880. The van der Waals surface area contributed by atoms with E-state index < -0.39 is 11.2 Å². The second-order valence-electron chi connectivity index (χ2n) is 5.01. The number of nitrogens with zero attached hydrogens (tertiary/aromatic N) is 1. The summed E-state index contributed by atoms with van der Waals surface area (Å²) in [4.78, 5) is 40.6. The van der Waals surface area contributed by atoms with E-state index in [4.69, 9.17) is 5.73 Å². The molecule has 1 aliphatic rings. The molecule has 1 amide bonds. The van der Waals surface area contributed by atoms with Crippen LogP contribution in [0.2, 0.25) is 0 Å².